The Kier molecular flexibility index (Phi) is 7.14. The van der Waals surface area contributed by atoms with Crippen LogP contribution in [0.1, 0.15) is 66.3 Å². The molecule has 3 aromatic heterocycles. The number of carbonyl (C=O) groups is 2. The first-order chi connectivity index (χ1) is 20.2. The zero-order valence-corrected chi connectivity index (χ0v) is 24.4. The lowest BCUT2D eigenvalue weighted by molar-refractivity contribution is -0.137. The smallest absolute Gasteiger partial charge is 0.341 e. The highest BCUT2D eigenvalue weighted by atomic mass is 32.1. The molecule has 1 fully saturated rings. The molecule has 0 spiro atoms. The highest BCUT2D eigenvalue weighted by Crippen LogP contribution is 2.48. The molecule has 1 saturated carbocycles. The molecule has 42 heavy (non-hydrogen) atoms. The number of aliphatic imine (C=N–C) groups is 1. The average molecular weight is 587 g/mol. The second-order valence-electron chi connectivity index (χ2n) is 10.9. The van der Waals surface area contributed by atoms with Crippen molar-refractivity contribution in [3.63, 3.8) is 0 Å². The van der Waals surface area contributed by atoms with Crippen LogP contribution in [-0.2, 0) is 21.4 Å². The summed E-state index contributed by atoms with van der Waals surface area (Å²) in [4.78, 5) is 37.8. The van der Waals surface area contributed by atoms with Gasteiger partial charge in [-0.2, -0.15) is 5.10 Å². The maximum absolute atomic E-state index is 15.4. The number of amides is 1. The molecule has 216 valence electrons. The van der Waals surface area contributed by atoms with Crippen molar-refractivity contribution in [2.24, 2.45) is 10.7 Å². The van der Waals surface area contributed by atoms with E-state index in [9.17, 15) is 9.59 Å². The third-order valence-corrected chi connectivity index (χ3v) is 9.07. The van der Waals surface area contributed by atoms with E-state index in [1.165, 1.54) is 22.7 Å². The fourth-order valence-corrected chi connectivity index (χ4v) is 6.30. The highest BCUT2D eigenvalue weighted by molar-refractivity contribution is 7.10. The van der Waals surface area contributed by atoms with Crippen LogP contribution in [0.3, 0.4) is 0 Å². The molecule has 1 amide bonds. The van der Waals surface area contributed by atoms with E-state index in [-0.39, 0.29) is 35.1 Å². The number of fused-ring (bicyclic) bond motifs is 2. The van der Waals surface area contributed by atoms with Crippen LogP contribution in [0.15, 0.2) is 58.5 Å². The second kappa shape index (κ2) is 10.8. The summed E-state index contributed by atoms with van der Waals surface area (Å²) >= 11 is 1.74. The van der Waals surface area contributed by atoms with E-state index in [2.05, 4.69) is 30.3 Å². The Labute approximate surface area is 246 Å². The number of nitrogens with zero attached hydrogens (tertiary/aromatic N) is 5. The van der Waals surface area contributed by atoms with E-state index in [4.69, 9.17) is 20.6 Å². The summed E-state index contributed by atoms with van der Waals surface area (Å²) in [5.74, 6) is -1.26. The first-order valence-corrected chi connectivity index (χ1v) is 14.8. The van der Waals surface area contributed by atoms with Gasteiger partial charge in [-0.05, 0) is 68.3 Å². The second-order valence-corrected chi connectivity index (χ2v) is 11.9. The summed E-state index contributed by atoms with van der Waals surface area (Å²) in [6, 6.07) is 10.1. The topological polar surface area (TPSA) is 115 Å². The molecule has 1 aliphatic carbocycles. The first-order valence-electron chi connectivity index (χ1n) is 13.9. The molecular weight excluding hydrogens is 555 g/mol. The molecule has 0 radical (unpaired) electrons. The number of halogens is 1. The minimum absolute atomic E-state index is 0.0325. The van der Waals surface area contributed by atoms with Gasteiger partial charge in [0, 0.05) is 46.9 Å². The molecular formula is C31H31FN6O3S. The number of esters is 1. The molecule has 6 rings (SSSR count). The molecule has 2 N–H and O–H groups in total. The standard InChI is InChI=1S/C31H31FN6O3S/c1-4-41-30(40)19(16-33)17-34-20-5-6-22(23(32)13-20)24-15-28-35-25(14-27(38(28)36-24)31(3)9-10-31)29(39)37-11-7-26-21(18(37)2)8-12-42-26/h5-6,8,12-18H,4,7,9-11,33H2,1-3H3. The van der Waals surface area contributed by atoms with E-state index in [0.29, 0.717) is 29.3 Å². The summed E-state index contributed by atoms with van der Waals surface area (Å²) in [7, 11) is 0. The van der Waals surface area contributed by atoms with Gasteiger partial charge < -0.3 is 15.4 Å². The molecule has 0 saturated heterocycles. The maximum atomic E-state index is 15.4. The molecule has 1 atom stereocenters. The molecule has 9 nitrogen and oxygen atoms in total. The van der Waals surface area contributed by atoms with E-state index in [1.54, 1.807) is 41.0 Å². The number of rotatable bonds is 7. The molecule has 1 aliphatic heterocycles. The van der Waals surface area contributed by atoms with E-state index >= 15 is 4.39 Å². The number of hydrogen-bond donors (Lipinski definition) is 1. The molecule has 4 aromatic rings. The third-order valence-electron chi connectivity index (χ3n) is 8.07. The van der Waals surface area contributed by atoms with Gasteiger partial charge in [-0.25, -0.2) is 18.7 Å². The Bertz CT molecular complexity index is 1770. The number of carbonyl (C=O) groups excluding carboxylic acids is 2. The van der Waals surface area contributed by atoms with Crippen LogP contribution in [0.25, 0.3) is 16.9 Å². The van der Waals surface area contributed by atoms with Crippen molar-refractivity contribution in [3.05, 3.63) is 81.2 Å². The molecule has 0 bridgehead atoms. The Balaban J connectivity index is 1.33. The Morgan fingerprint density at radius 2 is 2.07 bits per heavy atom. The van der Waals surface area contributed by atoms with Crippen molar-refractivity contribution < 1.29 is 18.7 Å². The maximum Gasteiger partial charge on any atom is 0.341 e. The third kappa shape index (κ3) is 4.98. The van der Waals surface area contributed by atoms with Crippen molar-refractivity contribution in [2.75, 3.05) is 13.2 Å². The number of thiophene rings is 1. The number of hydrogen-bond acceptors (Lipinski definition) is 8. The summed E-state index contributed by atoms with van der Waals surface area (Å²) in [6.07, 6.45) is 5.11. The summed E-state index contributed by atoms with van der Waals surface area (Å²) in [5.41, 5.74) is 9.37. The zero-order valence-electron chi connectivity index (χ0n) is 23.6. The first kappa shape index (κ1) is 27.8. The van der Waals surface area contributed by atoms with Crippen molar-refractivity contribution in [2.45, 2.75) is 51.5 Å². The quantitative estimate of drug-likeness (QED) is 0.173. The minimum Gasteiger partial charge on any atom is -0.462 e. The van der Waals surface area contributed by atoms with Gasteiger partial charge in [0.2, 0.25) is 0 Å². The normalized spacial score (nSPS) is 18.0. The van der Waals surface area contributed by atoms with E-state index < -0.39 is 11.8 Å². The van der Waals surface area contributed by atoms with Crippen LogP contribution >= 0.6 is 11.3 Å². The predicted molar refractivity (Wildman–Crippen MR) is 159 cm³/mol. The van der Waals surface area contributed by atoms with Crippen LogP contribution < -0.4 is 5.73 Å². The SMILES string of the molecule is CCOC(=O)C(C=Nc1ccc(-c2cc3nc(C(=O)N4CCc5sccc5C4C)cc(C4(C)CC4)n3n2)c(F)c1)=CN. The van der Waals surface area contributed by atoms with Gasteiger partial charge in [-0.15, -0.1) is 11.3 Å². The minimum atomic E-state index is -0.609. The van der Waals surface area contributed by atoms with Crippen LogP contribution in [0.5, 0.6) is 0 Å². The zero-order chi connectivity index (χ0) is 29.6. The largest absolute Gasteiger partial charge is 0.462 e. The van der Waals surface area contributed by atoms with Gasteiger partial charge in [0.15, 0.2) is 5.65 Å². The lowest BCUT2D eigenvalue weighted by Crippen LogP contribution is -2.38. The summed E-state index contributed by atoms with van der Waals surface area (Å²) in [5, 5.41) is 6.81. The van der Waals surface area contributed by atoms with Crippen LogP contribution in [-0.4, -0.2) is 50.7 Å². The van der Waals surface area contributed by atoms with Crippen molar-refractivity contribution in [1.29, 1.82) is 0 Å². The van der Waals surface area contributed by atoms with Crippen LogP contribution in [0, 0.1) is 5.82 Å². The number of nitrogens with two attached hydrogens (primary N) is 1. The van der Waals surface area contributed by atoms with Crippen molar-refractivity contribution in [1.82, 2.24) is 19.5 Å². The lowest BCUT2D eigenvalue weighted by Gasteiger charge is -2.33. The van der Waals surface area contributed by atoms with Gasteiger partial charge in [-0.3, -0.25) is 9.79 Å². The number of aromatic nitrogens is 3. The average Bonchev–Trinajstić information content (AvgIpc) is 3.34. The van der Waals surface area contributed by atoms with Crippen LogP contribution in [0.4, 0.5) is 10.1 Å². The molecule has 1 aromatic carbocycles. The van der Waals surface area contributed by atoms with Gasteiger partial charge >= 0.3 is 5.97 Å². The lowest BCUT2D eigenvalue weighted by atomic mass is 10.00. The predicted octanol–water partition coefficient (Wildman–Crippen LogP) is 5.52. The monoisotopic (exact) mass is 586 g/mol. The van der Waals surface area contributed by atoms with E-state index in [1.807, 2.05) is 11.0 Å². The Morgan fingerprint density at radius 1 is 1.26 bits per heavy atom. The highest BCUT2D eigenvalue weighted by Gasteiger charge is 2.42. The van der Waals surface area contributed by atoms with E-state index in [0.717, 1.165) is 31.2 Å². The Hall–Kier alpha value is -4.38. The van der Waals surface area contributed by atoms with Crippen molar-refractivity contribution >= 4 is 40.8 Å². The molecule has 1 unspecified atom stereocenters. The summed E-state index contributed by atoms with van der Waals surface area (Å²) < 4.78 is 22.0. The summed E-state index contributed by atoms with van der Waals surface area (Å²) in [6.45, 7) is 6.73. The number of ether oxygens (including phenoxy) is 1. The fourth-order valence-electron chi connectivity index (χ4n) is 5.34. The molecule has 11 heteroatoms. The van der Waals surface area contributed by atoms with Crippen LogP contribution in [0.2, 0.25) is 0 Å². The molecule has 2 aliphatic rings. The fraction of sp³-hybridized carbons (Fsp3) is 0.323. The van der Waals surface area contributed by atoms with Gasteiger partial charge in [0.1, 0.15) is 11.5 Å². The van der Waals surface area contributed by atoms with Gasteiger partial charge in [0.25, 0.3) is 5.91 Å². The van der Waals surface area contributed by atoms with Gasteiger partial charge in [-0.1, -0.05) is 6.92 Å². The Morgan fingerprint density at radius 3 is 2.79 bits per heavy atom. The van der Waals surface area contributed by atoms with Gasteiger partial charge in [0.05, 0.1) is 35.3 Å². The number of benzene rings is 1. The van der Waals surface area contributed by atoms with Crippen molar-refractivity contribution in [3.8, 4) is 11.3 Å². The molecule has 4 heterocycles.